The average Bonchev–Trinajstić information content (AvgIpc) is 3.47. The van der Waals surface area contributed by atoms with E-state index < -0.39 is 11.7 Å². The summed E-state index contributed by atoms with van der Waals surface area (Å²) in [6.45, 7) is 1.48. The molecule has 7 nitrogen and oxygen atoms in total. The molecule has 0 radical (unpaired) electrons. The maximum absolute atomic E-state index is 15.4. The molecule has 5 rings (SSSR count). The Kier molecular flexibility index (Phi) is 5.07. The van der Waals surface area contributed by atoms with Crippen LogP contribution in [0.15, 0.2) is 6.07 Å². The molecule has 0 amide bonds. The number of hydrogen-bond acceptors (Lipinski definition) is 6. The van der Waals surface area contributed by atoms with Gasteiger partial charge in [0.05, 0.1) is 0 Å². The van der Waals surface area contributed by atoms with Crippen LogP contribution in [-0.4, -0.2) is 64.2 Å². The average molecular weight is 435 g/mol. The van der Waals surface area contributed by atoms with Crippen molar-refractivity contribution < 1.29 is 13.2 Å². The second kappa shape index (κ2) is 7.65. The number of nitrogens with zero attached hydrogens (tertiary/aromatic N) is 5. The van der Waals surface area contributed by atoms with Crippen LogP contribution in [0.3, 0.4) is 0 Å². The third-order valence-corrected chi connectivity index (χ3v) is 6.66. The Labute approximate surface area is 179 Å². The zero-order valence-corrected chi connectivity index (χ0v) is 17.8. The highest BCUT2D eigenvalue weighted by atomic mass is 19.3. The minimum Gasteiger partial charge on any atom is -0.354 e. The summed E-state index contributed by atoms with van der Waals surface area (Å²) < 4.78 is 41.8. The molecule has 2 aromatic rings. The summed E-state index contributed by atoms with van der Waals surface area (Å²) in [5.74, 6) is -1.60. The second-order valence-electron chi connectivity index (χ2n) is 9.32. The summed E-state index contributed by atoms with van der Waals surface area (Å²) in [5, 5.41) is 9.89. The number of alkyl halides is 2. The van der Waals surface area contributed by atoms with Gasteiger partial charge in [0, 0.05) is 55.6 Å². The van der Waals surface area contributed by atoms with E-state index in [-0.39, 0.29) is 30.5 Å². The fourth-order valence-corrected chi connectivity index (χ4v) is 4.47. The molecule has 0 spiro atoms. The summed E-state index contributed by atoms with van der Waals surface area (Å²) in [6, 6.07) is 2.16. The summed E-state index contributed by atoms with van der Waals surface area (Å²) in [7, 11) is 4.14. The van der Waals surface area contributed by atoms with E-state index in [0.717, 1.165) is 38.8 Å². The Hall–Kier alpha value is -2.36. The normalized spacial score (nSPS) is 22.1. The largest absolute Gasteiger partial charge is 0.354 e. The molecule has 31 heavy (non-hydrogen) atoms. The van der Waals surface area contributed by atoms with Crippen molar-refractivity contribution in [3.8, 4) is 0 Å². The fourth-order valence-electron chi connectivity index (χ4n) is 4.47. The van der Waals surface area contributed by atoms with E-state index >= 15 is 4.39 Å². The van der Waals surface area contributed by atoms with Crippen LogP contribution in [0, 0.1) is 5.82 Å². The highest BCUT2D eigenvalue weighted by Crippen LogP contribution is 2.48. The lowest BCUT2D eigenvalue weighted by atomic mass is 9.79. The first-order valence-electron chi connectivity index (χ1n) is 11.0. The van der Waals surface area contributed by atoms with Gasteiger partial charge < -0.3 is 15.1 Å². The smallest absolute Gasteiger partial charge is 0.249 e. The predicted molar refractivity (Wildman–Crippen MR) is 112 cm³/mol. The van der Waals surface area contributed by atoms with Crippen LogP contribution < -0.4 is 10.2 Å². The molecule has 1 aliphatic heterocycles. The minimum atomic E-state index is -2.60. The van der Waals surface area contributed by atoms with Crippen molar-refractivity contribution in [1.82, 2.24) is 25.1 Å². The van der Waals surface area contributed by atoms with E-state index in [1.807, 2.05) is 4.90 Å². The maximum Gasteiger partial charge on any atom is 0.249 e. The van der Waals surface area contributed by atoms with Crippen molar-refractivity contribution in [3.63, 3.8) is 0 Å². The number of nitrogens with one attached hydrogen (secondary N) is 2. The van der Waals surface area contributed by atoms with Gasteiger partial charge in [0.1, 0.15) is 5.82 Å². The Bertz CT molecular complexity index is 940. The van der Waals surface area contributed by atoms with Crippen molar-refractivity contribution in [2.45, 2.75) is 62.3 Å². The monoisotopic (exact) mass is 435 g/mol. The molecule has 2 N–H and O–H groups in total. The van der Waals surface area contributed by atoms with Crippen LogP contribution in [-0.2, 0) is 0 Å². The Morgan fingerprint density at radius 2 is 1.81 bits per heavy atom. The number of aromatic nitrogens is 4. The molecule has 3 heterocycles. The minimum absolute atomic E-state index is 0.0959. The first-order chi connectivity index (χ1) is 14.8. The number of hydrogen-bond donors (Lipinski definition) is 2. The summed E-state index contributed by atoms with van der Waals surface area (Å²) in [5.41, 5.74) is 0.635. The van der Waals surface area contributed by atoms with Crippen molar-refractivity contribution in [2.24, 2.45) is 0 Å². The van der Waals surface area contributed by atoms with E-state index in [2.05, 4.69) is 44.5 Å². The first kappa shape index (κ1) is 20.5. The Morgan fingerprint density at radius 3 is 2.42 bits per heavy atom. The predicted octanol–water partition coefficient (Wildman–Crippen LogP) is 4.00. The highest BCUT2D eigenvalue weighted by molar-refractivity contribution is 5.59. The van der Waals surface area contributed by atoms with Gasteiger partial charge in [0.2, 0.25) is 11.7 Å². The van der Waals surface area contributed by atoms with Crippen molar-refractivity contribution in [3.05, 3.63) is 23.4 Å². The topological polar surface area (TPSA) is 73.0 Å². The van der Waals surface area contributed by atoms with Gasteiger partial charge in [-0.2, -0.15) is 9.49 Å². The van der Waals surface area contributed by atoms with Gasteiger partial charge in [-0.25, -0.2) is 18.7 Å². The second-order valence-corrected chi connectivity index (χ2v) is 9.32. The Morgan fingerprint density at radius 1 is 1.10 bits per heavy atom. The zero-order chi connectivity index (χ0) is 21.8. The SMILES string of the molecule is CN(C)C1CCN(c2nc(C3CC3)nc(Nc3cc(C4CC(F)(F)C4)[nH]n3)c2F)CC1. The lowest BCUT2D eigenvalue weighted by Crippen LogP contribution is -2.42. The van der Waals surface area contributed by atoms with Crippen LogP contribution in [0.4, 0.5) is 30.6 Å². The van der Waals surface area contributed by atoms with Crippen LogP contribution in [0.2, 0.25) is 0 Å². The molecule has 0 aromatic carbocycles. The van der Waals surface area contributed by atoms with Gasteiger partial charge in [0.15, 0.2) is 17.5 Å². The van der Waals surface area contributed by atoms with Gasteiger partial charge in [-0.15, -0.1) is 0 Å². The van der Waals surface area contributed by atoms with Gasteiger partial charge in [-0.05, 0) is 39.8 Å². The number of anilines is 3. The molecule has 2 saturated carbocycles. The molecule has 3 fully saturated rings. The van der Waals surface area contributed by atoms with Gasteiger partial charge in [-0.3, -0.25) is 5.10 Å². The summed E-state index contributed by atoms with van der Waals surface area (Å²) in [4.78, 5) is 13.2. The van der Waals surface area contributed by atoms with Gasteiger partial charge >= 0.3 is 0 Å². The fraction of sp³-hybridized carbons (Fsp3) is 0.667. The van der Waals surface area contributed by atoms with E-state index in [1.54, 1.807) is 6.07 Å². The molecule has 0 unspecified atom stereocenters. The van der Waals surface area contributed by atoms with Crippen LogP contribution >= 0.6 is 0 Å². The lowest BCUT2D eigenvalue weighted by molar-refractivity contribution is -0.0876. The number of halogens is 3. The highest BCUT2D eigenvalue weighted by Gasteiger charge is 2.46. The third kappa shape index (κ3) is 4.22. The number of aromatic amines is 1. The molecule has 0 bridgehead atoms. The third-order valence-electron chi connectivity index (χ3n) is 6.66. The van der Waals surface area contributed by atoms with Crippen molar-refractivity contribution in [1.29, 1.82) is 0 Å². The maximum atomic E-state index is 15.4. The van der Waals surface area contributed by atoms with E-state index in [1.165, 1.54) is 0 Å². The quantitative estimate of drug-likeness (QED) is 0.715. The number of piperidine rings is 1. The summed E-state index contributed by atoms with van der Waals surface area (Å²) >= 11 is 0. The molecule has 168 valence electrons. The molecule has 0 atom stereocenters. The standard InChI is InChI=1S/C21H28F3N7/c1-30(2)14-5-7-31(8-6-14)20-17(22)19(26-18(27-20)12-3-4-12)25-16-9-15(28-29-16)13-10-21(23,24)11-13/h9,12-14H,3-8,10-11H2,1-2H3,(H2,25,26,27,28,29). The number of rotatable bonds is 6. The first-order valence-corrected chi connectivity index (χ1v) is 11.0. The molecular formula is C21H28F3N7. The molecule has 3 aliphatic rings. The van der Waals surface area contributed by atoms with Crippen molar-refractivity contribution >= 4 is 17.5 Å². The molecule has 10 heteroatoms. The molecule has 2 aromatic heterocycles. The molecule has 1 saturated heterocycles. The van der Waals surface area contributed by atoms with Crippen molar-refractivity contribution in [2.75, 3.05) is 37.4 Å². The lowest BCUT2D eigenvalue weighted by Gasteiger charge is -2.36. The van der Waals surface area contributed by atoms with Gasteiger partial charge in [-0.1, -0.05) is 0 Å². The van der Waals surface area contributed by atoms with E-state index in [9.17, 15) is 8.78 Å². The van der Waals surface area contributed by atoms with E-state index in [0.29, 0.717) is 29.2 Å². The molecule has 2 aliphatic carbocycles. The zero-order valence-electron chi connectivity index (χ0n) is 17.8. The van der Waals surface area contributed by atoms with E-state index in [4.69, 9.17) is 0 Å². The van der Waals surface area contributed by atoms with Crippen LogP contribution in [0.1, 0.15) is 61.9 Å². The van der Waals surface area contributed by atoms with Crippen LogP contribution in [0.25, 0.3) is 0 Å². The Balaban J connectivity index is 1.36. The van der Waals surface area contributed by atoms with Crippen LogP contribution in [0.5, 0.6) is 0 Å². The summed E-state index contributed by atoms with van der Waals surface area (Å²) in [6.07, 6.45) is 3.55. The van der Waals surface area contributed by atoms with Gasteiger partial charge in [0.25, 0.3) is 0 Å². The number of H-pyrrole nitrogens is 1. The molecular weight excluding hydrogens is 407 g/mol.